The summed E-state index contributed by atoms with van der Waals surface area (Å²) in [6.07, 6.45) is 12.2. The van der Waals surface area contributed by atoms with Gasteiger partial charge in [-0.25, -0.2) is 0 Å². The van der Waals surface area contributed by atoms with Crippen LogP contribution < -0.4 is 0 Å². The van der Waals surface area contributed by atoms with Gasteiger partial charge in [-0.15, -0.1) is 0 Å². The lowest BCUT2D eigenvalue weighted by Gasteiger charge is -2.28. The quantitative estimate of drug-likeness (QED) is 0.649. The van der Waals surface area contributed by atoms with Gasteiger partial charge in [0.05, 0.1) is 18.8 Å². The Balaban J connectivity index is 1.64. The molecule has 1 aromatic rings. The monoisotopic (exact) mass is 297 g/mol. The summed E-state index contributed by atoms with van der Waals surface area (Å²) >= 11 is 0. The van der Waals surface area contributed by atoms with Gasteiger partial charge in [0.15, 0.2) is 0 Å². The first-order valence-corrected chi connectivity index (χ1v) is 8.56. The van der Waals surface area contributed by atoms with E-state index in [1.165, 1.54) is 43.2 Å². The van der Waals surface area contributed by atoms with Gasteiger partial charge in [0, 0.05) is 6.08 Å². The summed E-state index contributed by atoms with van der Waals surface area (Å²) in [5.74, 6) is 0.812. The average Bonchev–Trinajstić information content (AvgIpc) is 2.58. The van der Waals surface area contributed by atoms with E-state index in [2.05, 4.69) is 37.3 Å². The summed E-state index contributed by atoms with van der Waals surface area (Å²) in [4.78, 5) is 0. The largest absolute Gasteiger partial charge is 0.374 e. The number of nitriles is 1. The van der Waals surface area contributed by atoms with E-state index in [9.17, 15) is 0 Å². The third-order valence-electron chi connectivity index (χ3n) is 4.64. The number of rotatable bonds is 7. The Hall–Kier alpha value is -1.59. The number of hydrogen-bond donors (Lipinski definition) is 0. The predicted octanol–water partition coefficient (Wildman–Crippen LogP) is 5.18. The van der Waals surface area contributed by atoms with Crippen LogP contribution >= 0.6 is 0 Å². The maximum atomic E-state index is 8.47. The number of nitrogens with zero attached hydrogens (tertiary/aromatic N) is 1. The van der Waals surface area contributed by atoms with Gasteiger partial charge in [-0.1, -0.05) is 37.3 Å². The van der Waals surface area contributed by atoms with Crippen molar-refractivity contribution in [3.63, 3.8) is 0 Å². The van der Waals surface area contributed by atoms with E-state index in [1.54, 1.807) is 6.08 Å². The van der Waals surface area contributed by atoms with E-state index in [4.69, 9.17) is 10.00 Å². The molecule has 0 atom stereocenters. The Bertz CT molecular complexity index is 489. The van der Waals surface area contributed by atoms with Gasteiger partial charge in [0.2, 0.25) is 0 Å². The van der Waals surface area contributed by atoms with Crippen LogP contribution in [0.2, 0.25) is 0 Å². The third kappa shape index (κ3) is 5.66. The van der Waals surface area contributed by atoms with Gasteiger partial charge in [-0.2, -0.15) is 5.26 Å². The molecule has 0 unspecified atom stereocenters. The van der Waals surface area contributed by atoms with E-state index in [1.807, 2.05) is 6.08 Å². The molecule has 2 rings (SSSR count). The second-order valence-corrected chi connectivity index (χ2v) is 6.23. The molecule has 0 bridgehead atoms. The SMILES string of the molecule is CCc1ccc(COC2CCC(CCC=CC#N)CC2)cc1. The van der Waals surface area contributed by atoms with Crippen LogP contribution in [0.1, 0.15) is 56.6 Å². The molecule has 1 aliphatic rings. The standard InChI is InChI=1S/C20H27NO/c1-2-17-7-9-19(10-8-17)16-22-20-13-11-18(12-14-20)6-4-3-5-15-21/h3,5,7-10,18,20H,2,4,6,11-14,16H2,1H3. The Morgan fingerprint density at radius 2 is 1.82 bits per heavy atom. The van der Waals surface area contributed by atoms with Crippen LogP contribution in [0, 0.1) is 17.2 Å². The number of aryl methyl sites for hydroxylation is 1. The lowest BCUT2D eigenvalue weighted by molar-refractivity contribution is 0.00646. The van der Waals surface area contributed by atoms with Crippen molar-refractivity contribution in [2.75, 3.05) is 0 Å². The van der Waals surface area contributed by atoms with Crippen molar-refractivity contribution in [1.29, 1.82) is 5.26 Å². The van der Waals surface area contributed by atoms with Crippen LogP contribution in [0.3, 0.4) is 0 Å². The Kier molecular flexibility index (Phi) is 7.19. The van der Waals surface area contributed by atoms with Crippen LogP contribution in [0.4, 0.5) is 0 Å². The zero-order valence-electron chi connectivity index (χ0n) is 13.6. The molecule has 0 spiro atoms. The molecule has 1 aliphatic carbocycles. The summed E-state index contributed by atoms with van der Waals surface area (Å²) in [5.41, 5.74) is 2.66. The van der Waals surface area contributed by atoms with Crippen LogP contribution in [0.25, 0.3) is 0 Å². The van der Waals surface area contributed by atoms with Gasteiger partial charge >= 0.3 is 0 Å². The summed E-state index contributed by atoms with van der Waals surface area (Å²) in [5, 5.41) is 8.47. The van der Waals surface area contributed by atoms with Gasteiger partial charge in [-0.05, 0) is 62.0 Å². The highest BCUT2D eigenvalue weighted by molar-refractivity contribution is 5.21. The smallest absolute Gasteiger partial charge is 0.0908 e. The van der Waals surface area contributed by atoms with Crippen molar-refractivity contribution in [2.24, 2.45) is 5.92 Å². The molecule has 0 heterocycles. The van der Waals surface area contributed by atoms with Gasteiger partial charge < -0.3 is 4.74 Å². The molecule has 0 aliphatic heterocycles. The predicted molar refractivity (Wildman–Crippen MR) is 90.3 cm³/mol. The first-order chi connectivity index (χ1) is 10.8. The van der Waals surface area contributed by atoms with Crippen molar-refractivity contribution < 1.29 is 4.74 Å². The molecule has 0 amide bonds. The van der Waals surface area contributed by atoms with Crippen LogP contribution in [0.5, 0.6) is 0 Å². The fraction of sp³-hybridized carbons (Fsp3) is 0.550. The van der Waals surface area contributed by atoms with Crippen LogP contribution in [-0.4, -0.2) is 6.10 Å². The molecule has 1 fully saturated rings. The zero-order chi connectivity index (χ0) is 15.6. The summed E-state index contributed by atoms with van der Waals surface area (Å²) in [6, 6.07) is 10.8. The fourth-order valence-corrected chi connectivity index (χ4v) is 3.14. The molecule has 0 radical (unpaired) electrons. The molecule has 2 nitrogen and oxygen atoms in total. The molecular formula is C20H27NO. The van der Waals surface area contributed by atoms with E-state index in [0.717, 1.165) is 25.4 Å². The second-order valence-electron chi connectivity index (χ2n) is 6.23. The second kappa shape index (κ2) is 9.43. The minimum Gasteiger partial charge on any atom is -0.374 e. The molecule has 1 aromatic carbocycles. The minimum absolute atomic E-state index is 0.428. The first-order valence-electron chi connectivity index (χ1n) is 8.56. The number of ether oxygens (including phenoxy) is 1. The fourth-order valence-electron chi connectivity index (χ4n) is 3.14. The molecule has 2 heteroatoms. The Labute approximate surface area is 134 Å². The van der Waals surface area contributed by atoms with Gasteiger partial charge in [-0.3, -0.25) is 0 Å². The molecule has 22 heavy (non-hydrogen) atoms. The molecule has 118 valence electrons. The maximum absolute atomic E-state index is 8.47. The highest BCUT2D eigenvalue weighted by Crippen LogP contribution is 2.30. The normalized spacial score (nSPS) is 21.8. The highest BCUT2D eigenvalue weighted by atomic mass is 16.5. The van der Waals surface area contributed by atoms with E-state index in [0.29, 0.717) is 6.10 Å². The van der Waals surface area contributed by atoms with Crippen molar-refractivity contribution in [1.82, 2.24) is 0 Å². The molecule has 0 N–H and O–H groups in total. The summed E-state index contributed by atoms with van der Waals surface area (Å²) in [6.45, 7) is 2.92. The van der Waals surface area contributed by atoms with Crippen molar-refractivity contribution in [3.05, 3.63) is 47.5 Å². The highest BCUT2D eigenvalue weighted by Gasteiger charge is 2.21. The number of hydrogen-bond acceptors (Lipinski definition) is 2. The topological polar surface area (TPSA) is 33.0 Å². The van der Waals surface area contributed by atoms with E-state index < -0.39 is 0 Å². The molecule has 0 aromatic heterocycles. The van der Waals surface area contributed by atoms with Crippen molar-refractivity contribution >= 4 is 0 Å². The lowest BCUT2D eigenvalue weighted by Crippen LogP contribution is -2.21. The third-order valence-corrected chi connectivity index (χ3v) is 4.64. The van der Waals surface area contributed by atoms with Crippen molar-refractivity contribution in [3.8, 4) is 6.07 Å². The number of benzene rings is 1. The lowest BCUT2D eigenvalue weighted by atomic mass is 9.84. The Morgan fingerprint density at radius 3 is 2.45 bits per heavy atom. The van der Waals surface area contributed by atoms with Crippen LogP contribution in [0.15, 0.2) is 36.4 Å². The van der Waals surface area contributed by atoms with Gasteiger partial charge in [0.1, 0.15) is 0 Å². The summed E-state index contributed by atoms with van der Waals surface area (Å²) in [7, 11) is 0. The maximum Gasteiger partial charge on any atom is 0.0908 e. The molecule has 1 saturated carbocycles. The average molecular weight is 297 g/mol. The zero-order valence-corrected chi connectivity index (χ0v) is 13.6. The van der Waals surface area contributed by atoms with E-state index >= 15 is 0 Å². The first kappa shape index (κ1) is 16.8. The summed E-state index contributed by atoms with van der Waals surface area (Å²) < 4.78 is 6.08. The van der Waals surface area contributed by atoms with Gasteiger partial charge in [0.25, 0.3) is 0 Å². The van der Waals surface area contributed by atoms with Crippen LogP contribution in [-0.2, 0) is 17.8 Å². The number of allylic oxidation sites excluding steroid dienone is 2. The van der Waals surface area contributed by atoms with Crippen molar-refractivity contribution in [2.45, 2.75) is 64.6 Å². The minimum atomic E-state index is 0.428. The molecular weight excluding hydrogens is 270 g/mol. The molecule has 0 saturated heterocycles. The van der Waals surface area contributed by atoms with E-state index in [-0.39, 0.29) is 0 Å². The Morgan fingerprint density at radius 1 is 1.14 bits per heavy atom.